The minimum Gasteiger partial charge on any atom is -0.469 e. The van der Waals surface area contributed by atoms with Crippen LogP contribution in [0.1, 0.15) is 34.7 Å². The minimum atomic E-state index is 0.0363. The van der Waals surface area contributed by atoms with Gasteiger partial charge in [0.15, 0.2) is 0 Å². The molecule has 0 aliphatic carbocycles. The van der Waals surface area contributed by atoms with Crippen LogP contribution in [0.5, 0.6) is 0 Å². The summed E-state index contributed by atoms with van der Waals surface area (Å²) in [5.41, 5.74) is 1.73. The van der Waals surface area contributed by atoms with Crippen molar-refractivity contribution in [1.29, 1.82) is 0 Å². The van der Waals surface area contributed by atoms with Gasteiger partial charge in [-0.05, 0) is 37.9 Å². The Labute approximate surface area is 170 Å². The number of nitrogens with zero attached hydrogens (tertiary/aromatic N) is 4. The average Bonchev–Trinajstić information content (AvgIpc) is 3.40. The maximum Gasteiger partial charge on any atom is 0.257 e. The Hall–Kier alpha value is -2.61. The van der Waals surface area contributed by atoms with Crippen molar-refractivity contribution in [2.75, 3.05) is 39.8 Å². The van der Waals surface area contributed by atoms with Gasteiger partial charge in [0.05, 0.1) is 23.7 Å². The lowest BCUT2D eigenvalue weighted by atomic mass is 9.94. The lowest BCUT2D eigenvalue weighted by Crippen LogP contribution is -2.47. The Morgan fingerprint density at radius 3 is 2.83 bits per heavy atom. The Balaban J connectivity index is 1.30. The molecule has 2 aromatic rings. The topological polar surface area (TPSA) is 83.6 Å². The summed E-state index contributed by atoms with van der Waals surface area (Å²) in [6, 6.07) is 3.72. The largest absolute Gasteiger partial charge is 0.469 e. The second-order valence-corrected chi connectivity index (χ2v) is 8.07. The van der Waals surface area contributed by atoms with Gasteiger partial charge >= 0.3 is 0 Å². The molecule has 2 aliphatic heterocycles. The fourth-order valence-electron chi connectivity index (χ4n) is 4.07. The molecular weight excluding hydrogens is 370 g/mol. The van der Waals surface area contributed by atoms with Crippen molar-refractivity contribution < 1.29 is 14.0 Å². The zero-order chi connectivity index (χ0) is 20.2. The highest BCUT2D eigenvalue weighted by atomic mass is 16.3. The minimum absolute atomic E-state index is 0.0363. The molecule has 2 aliphatic rings. The van der Waals surface area contributed by atoms with E-state index in [0.29, 0.717) is 25.3 Å². The number of aryl methyl sites for hydroxylation is 2. The van der Waals surface area contributed by atoms with Crippen molar-refractivity contribution in [3.8, 4) is 0 Å². The SMILES string of the molecule is CN1CCN(C(=O)c2cnn3c2C[C@@H](CNC(=O)CCc2ccco2)CC3)CC1. The first-order valence-corrected chi connectivity index (χ1v) is 10.4. The van der Waals surface area contributed by atoms with Crippen molar-refractivity contribution >= 4 is 11.8 Å². The van der Waals surface area contributed by atoms with Crippen molar-refractivity contribution in [3.05, 3.63) is 41.6 Å². The molecule has 0 aromatic carbocycles. The number of hydrogen-bond acceptors (Lipinski definition) is 5. The molecule has 0 radical (unpaired) electrons. The number of hydrogen-bond donors (Lipinski definition) is 1. The number of likely N-dealkylation sites (N-methyl/N-ethyl adjacent to an activating group) is 1. The predicted octanol–water partition coefficient (Wildman–Crippen LogP) is 1.18. The summed E-state index contributed by atoms with van der Waals surface area (Å²) < 4.78 is 7.23. The molecule has 0 bridgehead atoms. The van der Waals surface area contributed by atoms with Crippen LogP contribution in [0.25, 0.3) is 0 Å². The van der Waals surface area contributed by atoms with Crippen molar-refractivity contribution in [1.82, 2.24) is 24.9 Å². The van der Waals surface area contributed by atoms with Crippen molar-refractivity contribution in [3.63, 3.8) is 0 Å². The van der Waals surface area contributed by atoms with Gasteiger partial charge < -0.3 is 19.5 Å². The molecule has 156 valence electrons. The highest BCUT2D eigenvalue weighted by molar-refractivity contribution is 5.95. The van der Waals surface area contributed by atoms with E-state index in [1.807, 2.05) is 21.7 Å². The first-order chi connectivity index (χ1) is 14.1. The number of nitrogens with one attached hydrogen (secondary N) is 1. The second kappa shape index (κ2) is 8.82. The monoisotopic (exact) mass is 399 g/mol. The lowest BCUT2D eigenvalue weighted by Gasteiger charge is -2.32. The van der Waals surface area contributed by atoms with Gasteiger partial charge in [-0.1, -0.05) is 0 Å². The number of carbonyl (C=O) groups is 2. The number of rotatable bonds is 6. The van der Waals surface area contributed by atoms with Crippen LogP contribution in [0.3, 0.4) is 0 Å². The van der Waals surface area contributed by atoms with Crippen LogP contribution < -0.4 is 5.32 Å². The zero-order valence-corrected chi connectivity index (χ0v) is 17.0. The molecule has 0 spiro atoms. The van der Waals surface area contributed by atoms with Crippen LogP contribution in [-0.2, 0) is 24.2 Å². The smallest absolute Gasteiger partial charge is 0.257 e. The molecule has 4 heterocycles. The fraction of sp³-hybridized carbons (Fsp3) is 0.571. The van der Waals surface area contributed by atoms with Crippen LogP contribution in [0.15, 0.2) is 29.0 Å². The van der Waals surface area contributed by atoms with Crippen LogP contribution in [0.2, 0.25) is 0 Å². The van der Waals surface area contributed by atoms with Gasteiger partial charge in [-0.2, -0.15) is 5.10 Å². The van der Waals surface area contributed by atoms with Gasteiger partial charge in [0.25, 0.3) is 5.91 Å². The molecule has 0 unspecified atom stereocenters. The third-order valence-electron chi connectivity index (χ3n) is 5.97. The molecule has 1 N–H and O–H groups in total. The van der Waals surface area contributed by atoms with E-state index in [1.54, 1.807) is 12.5 Å². The van der Waals surface area contributed by atoms with Gasteiger partial charge in [-0.25, -0.2) is 0 Å². The molecule has 1 saturated heterocycles. The predicted molar refractivity (Wildman–Crippen MR) is 107 cm³/mol. The average molecular weight is 399 g/mol. The Morgan fingerprint density at radius 1 is 1.24 bits per heavy atom. The molecule has 1 atom stereocenters. The summed E-state index contributed by atoms with van der Waals surface area (Å²) >= 11 is 0. The summed E-state index contributed by atoms with van der Waals surface area (Å²) in [5.74, 6) is 1.27. The number of fused-ring (bicyclic) bond motifs is 1. The van der Waals surface area contributed by atoms with Crippen LogP contribution in [0, 0.1) is 5.92 Å². The quantitative estimate of drug-likeness (QED) is 0.789. The number of carbonyl (C=O) groups excluding carboxylic acids is 2. The maximum absolute atomic E-state index is 13.0. The Kier molecular flexibility index (Phi) is 5.99. The number of aromatic nitrogens is 2. The van der Waals surface area contributed by atoms with E-state index in [-0.39, 0.29) is 11.8 Å². The van der Waals surface area contributed by atoms with E-state index in [0.717, 1.165) is 62.6 Å². The molecule has 2 amide bonds. The van der Waals surface area contributed by atoms with Crippen LogP contribution in [-0.4, -0.2) is 71.2 Å². The van der Waals surface area contributed by atoms with Crippen LogP contribution in [0.4, 0.5) is 0 Å². The van der Waals surface area contributed by atoms with Gasteiger partial charge in [-0.3, -0.25) is 14.3 Å². The normalized spacial score (nSPS) is 19.8. The summed E-state index contributed by atoms with van der Waals surface area (Å²) in [7, 11) is 2.08. The molecule has 0 saturated carbocycles. The number of amides is 2. The molecular formula is C21H29N5O3. The molecule has 8 heteroatoms. The van der Waals surface area contributed by atoms with E-state index in [4.69, 9.17) is 4.42 Å². The Bertz CT molecular complexity index is 837. The van der Waals surface area contributed by atoms with Gasteiger partial charge in [-0.15, -0.1) is 0 Å². The third kappa shape index (κ3) is 4.70. The second-order valence-electron chi connectivity index (χ2n) is 8.07. The summed E-state index contributed by atoms with van der Waals surface area (Å²) in [5, 5.41) is 7.48. The van der Waals surface area contributed by atoms with E-state index >= 15 is 0 Å². The molecule has 8 nitrogen and oxygen atoms in total. The summed E-state index contributed by atoms with van der Waals surface area (Å²) in [4.78, 5) is 29.3. The van der Waals surface area contributed by atoms with Gasteiger partial charge in [0.2, 0.25) is 5.91 Å². The molecule has 4 rings (SSSR count). The zero-order valence-electron chi connectivity index (χ0n) is 17.0. The first kappa shape index (κ1) is 19.7. The standard InChI is InChI=1S/C21H29N5O3/c1-24-8-10-25(11-9-24)21(28)18-15-23-26-7-6-16(13-19(18)26)14-22-20(27)5-4-17-3-2-12-29-17/h2-3,12,15-16H,4-11,13-14H2,1H3,(H,22,27)/t16-/m0/s1. The highest BCUT2D eigenvalue weighted by Gasteiger charge is 2.29. The Morgan fingerprint density at radius 2 is 2.07 bits per heavy atom. The third-order valence-corrected chi connectivity index (χ3v) is 5.97. The van der Waals surface area contributed by atoms with Crippen LogP contribution >= 0.6 is 0 Å². The first-order valence-electron chi connectivity index (χ1n) is 10.4. The highest BCUT2D eigenvalue weighted by Crippen LogP contribution is 2.24. The molecule has 1 fully saturated rings. The van der Waals surface area contributed by atoms with E-state index < -0.39 is 0 Å². The van der Waals surface area contributed by atoms with Gasteiger partial charge in [0.1, 0.15) is 5.76 Å². The van der Waals surface area contributed by atoms with E-state index in [1.165, 1.54) is 0 Å². The number of piperazine rings is 1. The summed E-state index contributed by atoms with van der Waals surface area (Å²) in [6.45, 7) is 4.75. The lowest BCUT2D eigenvalue weighted by molar-refractivity contribution is -0.121. The number of furan rings is 1. The van der Waals surface area contributed by atoms with E-state index in [9.17, 15) is 9.59 Å². The molecule has 2 aromatic heterocycles. The fourth-order valence-corrected chi connectivity index (χ4v) is 4.07. The summed E-state index contributed by atoms with van der Waals surface area (Å²) in [6.07, 6.45) is 6.10. The van der Waals surface area contributed by atoms with Crippen molar-refractivity contribution in [2.24, 2.45) is 5.92 Å². The van der Waals surface area contributed by atoms with E-state index in [2.05, 4.69) is 22.4 Å². The molecule has 29 heavy (non-hydrogen) atoms. The maximum atomic E-state index is 13.0. The van der Waals surface area contributed by atoms with Crippen molar-refractivity contribution in [2.45, 2.75) is 32.2 Å². The van der Waals surface area contributed by atoms with Gasteiger partial charge in [0, 0.05) is 52.1 Å².